The van der Waals surface area contributed by atoms with E-state index >= 15 is 0 Å². The van der Waals surface area contributed by atoms with Gasteiger partial charge in [0, 0.05) is 27.7 Å². The van der Waals surface area contributed by atoms with Gasteiger partial charge in [-0.05, 0) is 30.3 Å². The minimum atomic E-state index is 0.733. The molecule has 5 aromatic rings. The topological polar surface area (TPSA) is 66.7 Å². The number of para-hydroxylation sites is 2. The van der Waals surface area contributed by atoms with Crippen LogP contribution in [-0.4, -0.2) is 9.97 Å². The van der Waals surface area contributed by atoms with Crippen LogP contribution in [0.1, 0.15) is 0 Å². The summed E-state index contributed by atoms with van der Waals surface area (Å²) in [5, 5.41) is 5.74. The fourth-order valence-electron chi connectivity index (χ4n) is 3.35. The molecule has 3 aromatic carbocycles. The first-order chi connectivity index (χ1) is 12.3. The van der Waals surface area contributed by atoms with Gasteiger partial charge in [-0.1, -0.05) is 42.5 Å². The average molecular weight is 324 g/mol. The Balaban J connectivity index is 1.86. The van der Waals surface area contributed by atoms with E-state index in [1.807, 2.05) is 54.6 Å². The Morgan fingerprint density at radius 3 is 2.52 bits per heavy atom. The fourth-order valence-corrected chi connectivity index (χ4v) is 3.35. The molecule has 120 valence electrons. The molecule has 2 heterocycles. The van der Waals surface area contributed by atoms with Crippen LogP contribution in [0.15, 0.2) is 72.8 Å². The molecular weight excluding hydrogens is 308 g/mol. The van der Waals surface area contributed by atoms with E-state index in [-0.39, 0.29) is 0 Å². The number of aromatic amines is 1. The number of aromatic nitrogens is 2. The second kappa shape index (κ2) is 5.24. The highest BCUT2D eigenvalue weighted by Crippen LogP contribution is 2.36. The third kappa shape index (κ3) is 2.19. The zero-order chi connectivity index (χ0) is 16.8. The maximum atomic E-state index is 5.94. The highest BCUT2D eigenvalue weighted by atomic mass is 14.9. The molecule has 2 aromatic heterocycles. The smallest absolute Gasteiger partial charge is 0.0986 e. The zero-order valence-corrected chi connectivity index (χ0v) is 13.5. The maximum absolute atomic E-state index is 5.94. The van der Waals surface area contributed by atoms with E-state index in [1.54, 1.807) is 0 Å². The van der Waals surface area contributed by atoms with E-state index in [9.17, 15) is 0 Å². The quantitative estimate of drug-likeness (QED) is 0.391. The Morgan fingerprint density at radius 2 is 1.64 bits per heavy atom. The van der Waals surface area contributed by atoms with Crippen molar-refractivity contribution in [3.05, 3.63) is 72.8 Å². The highest BCUT2D eigenvalue weighted by molar-refractivity contribution is 6.16. The van der Waals surface area contributed by atoms with E-state index in [2.05, 4.69) is 28.5 Å². The van der Waals surface area contributed by atoms with Crippen LogP contribution in [-0.2, 0) is 0 Å². The lowest BCUT2D eigenvalue weighted by molar-refractivity contribution is 1.47. The molecule has 5 rings (SSSR count). The molecule has 0 spiro atoms. The Bertz CT molecular complexity index is 1240. The van der Waals surface area contributed by atoms with Crippen LogP contribution in [0.2, 0.25) is 0 Å². The predicted molar refractivity (Wildman–Crippen MR) is 105 cm³/mol. The number of anilines is 3. The van der Waals surface area contributed by atoms with Crippen molar-refractivity contribution in [1.29, 1.82) is 0 Å². The zero-order valence-electron chi connectivity index (χ0n) is 13.5. The molecular formula is C21H16N4. The van der Waals surface area contributed by atoms with Crippen molar-refractivity contribution >= 4 is 49.9 Å². The number of nitrogens with zero attached hydrogens (tertiary/aromatic N) is 1. The Hall–Kier alpha value is -3.53. The molecule has 0 radical (unpaired) electrons. The number of rotatable bonds is 2. The third-order valence-corrected chi connectivity index (χ3v) is 4.49. The molecule has 0 atom stereocenters. The summed E-state index contributed by atoms with van der Waals surface area (Å²) in [4.78, 5) is 8.41. The van der Waals surface area contributed by atoms with Gasteiger partial charge in [-0.3, -0.25) is 0 Å². The molecule has 0 amide bonds. The first-order valence-electron chi connectivity index (χ1n) is 8.21. The number of fused-ring (bicyclic) bond motifs is 4. The molecule has 0 aliphatic rings. The molecule has 0 saturated carbocycles. The van der Waals surface area contributed by atoms with Gasteiger partial charge in [-0.15, -0.1) is 0 Å². The van der Waals surface area contributed by atoms with Crippen molar-refractivity contribution in [2.45, 2.75) is 0 Å². The first-order valence-corrected chi connectivity index (χ1v) is 8.21. The van der Waals surface area contributed by atoms with Crippen LogP contribution in [0.5, 0.6) is 0 Å². The second-order valence-corrected chi connectivity index (χ2v) is 6.15. The predicted octanol–water partition coefficient (Wildman–Crippen LogP) is 5.20. The van der Waals surface area contributed by atoms with Gasteiger partial charge >= 0.3 is 0 Å². The van der Waals surface area contributed by atoms with Crippen molar-refractivity contribution in [1.82, 2.24) is 9.97 Å². The van der Waals surface area contributed by atoms with Crippen LogP contribution in [0, 0.1) is 0 Å². The van der Waals surface area contributed by atoms with Gasteiger partial charge in [0.05, 0.1) is 22.2 Å². The summed E-state index contributed by atoms with van der Waals surface area (Å²) in [6, 6.07) is 24.2. The van der Waals surface area contributed by atoms with Crippen molar-refractivity contribution in [3.8, 4) is 0 Å². The normalized spacial score (nSPS) is 11.4. The van der Waals surface area contributed by atoms with Crippen LogP contribution >= 0.6 is 0 Å². The monoisotopic (exact) mass is 324 g/mol. The SMILES string of the molecule is Nc1cccc(Nc2c3ccccc3nc3c2[nH]c2ccccc23)c1. The number of nitrogens with two attached hydrogens (primary N) is 1. The number of hydrogen-bond acceptors (Lipinski definition) is 3. The lowest BCUT2D eigenvalue weighted by Gasteiger charge is -2.11. The number of hydrogen-bond donors (Lipinski definition) is 3. The minimum absolute atomic E-state index is 0.733. The van der Waals surface area contributed by atoms with E-state index in [4.69, 9.17) is 10.7 Å². The van der Waals surface area contributed by atoms with Gasteiger partial charge in [0.1, 0.15) is 0 Å². The van der Waals surface area contributed by atoms with Crippen LogP contribution in [0.4, 0.5) is 17.1 Å². The summed E-state index contributed by atoms with van der Waals surface area (Å²) in [7, 11) is 0. The molecule has 0 bridgehead atoms. The molecule has 0 unspecified atom stereocenters. The minimum Gasteiger partial charge on any atom is -0.399 e. The fraction of sp³-hybridized carbons (Fsp3) is 0. The first kappa shape index (κ1) is 13.9. The Labute approximate surface area is 144 Å². The molecule has 0 aliphatic heterocycles. The van der Waals surface area contributed by atoms with E-state index < -0.39 is 0 Å². The average Bonchev–Trinajstić information content (AvgIpc) is 3.00. The largest absolute Gasteiger partial charge is 0.399 e. The Kier molecular flexibility index (Phi) is 2.91. The van der Waals surface area contributed by atoms with Crippen LogP contribution in [0.25, 0.3) is 32.8 Å². The number of pyridine rings is 1. The van der Waals surface area contributed by atoms with Crippen molar-refractivity contribution in [3.63, 3.8) is 0 Å². The standard InChI is InChI=1S/C21H16N4/c22-13-6-5-7-14(12-13)23-19-15-8-1-3-10-17(15)24-20-16-9-2-4-11-18(16)25-21(19)20/h1-12,25H,22H2,(H,23,24). The summed E-state index contributed by atoms with van der Waals surface area (Å²) in [6.07, 6.45) is 0. The maximum Gasteiger partial charge on any atom is 0.0986 e. The van der Waals surface area contributed by atoms with Crippen LogP contribution < -0.4 is 11.1 Å². The molecule has 0 aliphatic carbocycles. The molecule has 4 N–H and O–H groups in total. The third-order valence-electron chi connectivity index (χ3n) is 4.49. The highest BCUT2D eigenvalue weighted by Gasteiger charge is 2.14. The van der Waals surface area contributed by atoms with Crippen molar-refractivity contribution in [2.24, 2.45) is 0 Å². The molecule has 0 fully saturated rings. The number of benzene rings is 3. The summed E-state index contributed by atoms with van der Waals surface area (Å²) in [5.74, 6) is 0. The van der Waals surface area contributed by atoms with Gasteiger partial charge in [-0.25, -0.2) is 4.98 Å². The lowest BCUT2D eigenvalue weighted by Crippen LogP contribution is -1.95. The van der Waals surface area contributed by atoms with Gasteiger partial charge < -0.3 is 16.0 Å². The number of nitrogens with one attached hydrogen (secondary N) is 2. The molecule has 25 heavy (non-hydrogen) atoms. The lowest BCUT2D eigenvalue weighted by atomic mass is 10.1. The molecule has 4 heteroatoms. The molecule has 0 saturated heterocycles. The second-order valence-electron chi connectivity index (χ2n) is 6.15. The van der Waals surface area contributed by atoms with E-state index in [0.717, 1.165) is 49.9 Å². The van der Waals surface area contributed by atoms with Gasteiger partial charge in [0.2, 0.25) is 0 Å². The number of nitrogen functional groups attached to an aromatic ring is 1. The van der Waals surface area contributed by atoms with E-state index in [1.165, 1.54) is 0 Å². The Morgan fingerprint density at radius 1 is 0.840 bits per heavy atom. The van der Waals surface area contributed by atoms with Gasteiger partial charge in [-0.2, -0.15) is 0 Å². The summed E-state index contributed by atoms with van der Waals surface area (Å²) >= 11 is 0. The summed E-state index contributed by atoms with van der Waals surface area (Å²) < 4.78 is 0. The summed E-state index contributed by atoms with van der Waals surface area (Å²) in [5.41, 5.74) is 12.7. The number of H-pyrrole nitrogens is 1. The van der Waals surface area contributed by atoms with E-state index in [0.29, 0.717) is 0 Å². The van der Waals surface area contributed by atoms with Crippen molar-refractivity contribution < 1.29 is 0 Å². The summed E-state index contributed by atoms with van der Waals surface area (Å²) in [6.45, 7) is 0. The van der Waals surface area contributed by atoms with Gasteiger partial charge in [0.15, 0.2) is 0 Å². The van der Waals surface area contributed by atoms with Gasteiger partial charge in [0.25, 0.3) is 0 Å². The molecule has 4 nitrogen and oxygen atoms in total. The van der Waals surface area contributed by atoms with Crippen LogP contribution in [0.3, 0.4) is 0 Å². The van der Waals surface area contributed by atoms with Crippen molar-refractivity contribution in [2.75, 3.05) is 11.1 Å².